The first-order valence-electron chi connectivity index (χ1n) is 16.4. The molecule has 0 aromatic heterocycles. The highest BCUT2D eigenvalue weighted by Crippen LogP contribution is 2.34. The highest BCUT2D eigenvalue weighted by atomic mass is 35.5. The van der Waals surface area contributed by atoms with Gasteiger partial charge in [-0.25, -0.2) is 0 Å². The summed E-state index contributed by atoms with van der Waals surface area (Å²) in [5.41, 5.74) is 1.87. The number of methoxy groups -OCH3 is 1. The molecule has 0 saturated carbocycles. The summed E-state index contributed by atoms with van der Waals surface area (Å²) >= 11 is 6.70. The predicted molar refractivity (Wildman–Crippen MR) is 170 cm³/mol. The molecule has 0 radical (unpaired) electrons. The quantitative estimate of drug-likeness (QED) is 0.182. The zero-order chi connectivity index (χ0) is 30.5. The van der Waals surface area contributed by atoms with Crippen molar-refractivity contribution < 1.29 is 12.3 Å². The minimum absolute atomic E-state index is 0.179. The van der Waals surface area contributed by atoms with Gasteiger partial charge in [-0.05, 0) is 31.4 Å². The Bertz CT molecular complexity index is 1100. The lowest BCUT2D eigenvalue weighted by molar-refractivity contribution is 0.0924. The molecular formula is C34H52ClN3O2. The van der Waals surface area contributed by atoms with E-state index in [9.17, 15) is 4.79 Å². The Balaban J connectivity index is 1.50. The summed E-state index contributed by atoms with van der Waals surface area (Å²) in [6.07, 6.45) is 15.1. The van der Waals surface area contributed by atoms with E-state index >= 15 is 0 Å². The summed E-state index contributed by atoms with van der Waals surface area (Å²) < 4.78 is 23.1. The second kappa shape index (κ2) is 17.5. The van der Waals surface area contributed by atoms with Crippen LogP contribution in [0.5, 0.6) is 5.75 Å². The molecule has 2 aromatic carbocycles. The molecule has 1 fully saturated rings. The van der Waals surface area contributed by atoms with Crippen molar-refractivity contribution in [3.05, 3.63) is 58.6 Å². The molecule has 1 aliphatic heterocycles. The van der Waals surface area contributed by atoms with Crippen LogP contribution in [-0.2, 0) is 6.50 Å². The van der Waals surface area contributed by atoms with Gasteiger partial charge in [0.25, 0.3) is 5.91 Å². The molecule has 0 unspecified atom stereocenters. The molecule has 5 nitrogen and oxygen atoms in total. The minimum atomic E-state index is -1.62. The third kappa shape index (κ3) is 9.99. The highest BCUT2D eigenvalue weighted by Gasteiger charge is 2.32. The van der Waals surface area contributed by atoms with E-state index < -0.39 is 6.50 Å². The number of hydrogen-bond acceptors (Lipinski definition) is 4. The smallest absolute Gasteiger partial charge is 0.255 e. The molecule has 6 heteroatoms. The molecule has 1 N–H and O–H groups in total. The van der Waals surface area contributed by atoms with E-state index in [0.29, 0.717) is 34.9 Å². The number of halogens is 1. The van der Waals surface area contributed by atoms with E-state index in [1.54, 1.807) is 25.3 Å². The number of hydrogen-bond donors (Lipinski definition) is 1. The van der Waals surface area contributed by atoms with E-state index in [2.05, 4.69) is 17.1 Å². The topological polar surface area (TPSA) is 44.8 Å². The Labute approximate surface area is 251 Å². The number of carbonyl (C=O) groups is 1. The SMILES string of the molecule is [2H]C([2H])(c1ccccc1)N1CC[C@H](NC(=O)c2cc(Cl)c(N(C)CCCCCCCCCCCCC)cc2OC)[C@@H]1C. The van der Waals surface area contributed by atoms with Crippen LogP contribution in [0.25, 0.3) is 0 Å². The van der Waals surface area contributed by atoms with Crippen LogP contribution in [0.4, 0.5) is 5.69 Å². The Morgan fingerprint density at radius 1 is 1.05 bits per heavy atom. The molecule has 222 valence electrons. The second-order valence-corrected chi connectivity index (χ2v) is 11.6. The fourth-order valence-electron chi connectivity index (χ4n) is 5.53. The molecule has 40 heavy (non-hydrogen) atoms. The van der Waals surface area contributed by atoms with Crippen molar-refractivity contribution >= 4 is 23.2 Å². The lowest BCUT2D eigenvalue weighted by Gasteiger charge is -2.26. The molecule has 2 atom stereocenters. The van der Waals surface area contributed by atoms with Crippen molar-refractivity contribution in [2.45, 2.75) is 109 Å². The first-order valence-corrected chi connectivity index (χ1v) is 15.8. The van der Waals surface area contributed by atoms with Crippen molar-refractivity contribution in [3.8, 4) is 5.75 Å². The maximum Gasteiger partial charge on any atom is 0.255 e. The second-order valence-electron chi connectivity index (χ2n) is 11.2. The number of likely N-dealkylation sites (tertiary alicyclic amines) is 1. The summed E-state index contributed by atoms with van der Waals surface area (Å²) in [6.45, 7) is 4.05. The molecule has 3 rings (SSSR count). The number of anilines is 1. The van der Waals surface area contributed by atoms with Crippen molar-refractivity contribution in [2.24, 2.45) is 0 Å². The van der Waals surface area contributed by atoms with E-state index in [1.807, 2.05) is 43.1 Å². The number of rotatable bonds is 18. The van der Waals surface area contributed by atoms with Crippen molar-refractivity contribution in [2.75, 3.05) is 32.1 Å². The van der Waals surface area contributed by atoms with Crippen LogP contribution in [0.3, 0.4) is 0 Å². The van der Waals surface area contributed by atoms with Gasteiger partial charge in [-0.2, -0.15) is 0 Å². The third-order valence-electron chi connectivity index (χ3n) is 8.14. The molecule has 1 heterocycles. The van der Waals surface area contributed by atoms with E-state index in [4.69, 9.17) is 19.1 Å². The van der Waals surface area contributed by atoms with Gasteiger partial charge in [-0.3, -0.25) is 9.69 Å². The Morgan fingerprint density at radius 2 is 1.68 bits per heavy atom. The maximum atomic E-state index is 13.4. The maximum absolute atomic E-state index is 13.4. The number of ether oxygens (including phenoxy) is 1. The van der Waals surface area contributed by atoms with Crippen LogP contribution in [0, 0.1) is 0 Å². The van der Waals surface area contributed by atoms with Crippen LogP contribution in [0.1, 0.15) is 110 Å². The standard InChI is InChI=1S/C34H52ClN3O2/c1-5-6-7-8-9-10-11-12-13-14-18-22-37(3)32-25-33(40-4)29(24-30(32)35)34(39)36-31-21-23-38(27(31)2)26-28-19-16-15-17-20-28/h15-17,19-20,24-25,27,31H,5-14,18,21-23,26H2,1-4H3,(H,36,39)/t27-,31-/m0/s1/i26D2. The first-order chi connectivity index (χ1) is 20.2. The summed E-state index contributed by atoms with van der Waals surface area (Å²) in [7, 11) is 3.61. The molecule has 0 spiro atoms. The Morgan fingerprint density at radius 3 is 2.30 bits per heavy atom. The summed E-state index contributed by atoms with van der Waals surface area (Å²) in [4.78, 5) is 17.4. The van der Waals surface area contributed by atoms with Gasteiger partial charge < -0.3 is 15.0 Å². The van der Waals surface area contributed by atoms with Crippen LogP contribution < -0.4 is 15.0 Å². The van der Waals surface area contributed by atoms with E-state index in [1.165, 1.54) is 64.2 Å². The van der Waals surface area contributed by atoms with Crippen molar-refractivity contribution in [1.29, 1.82) is 0 Å². The van der Waals surface area contributed by atoms with Crippen molar-refractivity contribution in [3.63, 3.8) is 0 Å². The third-order valence-corrected chi connectivity index (χ3v) is 8.44. The minimum Gasteiger partial charge on any atom is -0.496 e. The fraction of sp³-hybridized carbons (Fsp3) is 0.618. The van der Waals surface area contributed by atoms with E-state index in [0.717, 1.165) is 18.7 Å². The average molecular weight is 572 g/mol. The molecule has 2 aromatic rings. The lowest BCUT2D eigenvalue weighted by atomic mass is 10.1. The monoisotopic (exact) mass is 571 g/mol. The van der Waals surface area contributed by atoms with Gasteiger partial charge in [0.05, 0.1) is 23.4 Å². The molecule has 1 saturated heterocycles. The summed E-state index contributed by atoms with van der Waals surface area (Å²) in [5, 5.41) is 3.65. The normalized spacial score (nSPS) is 18.3. The Kier molecular flexibility index (Phi) is 12.8. The molecule has 1 aliphatic rings. The van der Waals surface area contributed by atoms with Gasteiger partial charge >= 0.3 is 0 Å². The van der Waals surface area contributed by atoms with Crippen molar-refractivity contribution in [1.82, 2.24) is 10.2 Å². The van der Waals surface area contributed by atoms with Crippen LogP contribution in [0.15, 0.2) is 42.5 Å². The van der Waals surface area contributed by atoms with Gasteiger partial charge in [0.2, 0.25) is 0 Å². The number of amides is 1. The number of benzene rings is 2. The number of nitrogens with zero attached hydrogens (tertiary/aromatic N) is 2. The zero-order valence-electron chi connectivity index (χ0n) is 27.2. The van der Waals surface area contributed by atoms with Gasteiger partial charge in [0, 0.05) is 47.5 Å². The fourth-order valence-corrected chi connectivity index (χ4v) is 5.84. The van der Waals surface area contributed by atoms with Crippen LogP contribution in [-0.4, -0.2) is 50.1 Å². The number of unbranched alkanes of at least 4 members (excludes halogenated alkanes) is 10. The largest absolute Gasteiger partial charge is 0.496 e. The van der Waals surface area contributed by atoms with Crippen LogP contribution in [0.2, 0.25) is 5.02 Å². The van der Waals surface area contributed by atoms with E-state index in [-0.39, 0.29) is 18.0 Å². The van der Waals surface area contributed by atoms with Gasteiger partial charge in [0.1, 0.15) is 5.75 Å². The zero-order valence-corrected chi connectivity index (χ0v) is 25.9. The summed E-state index contributed by atoms with van der Waals surface area (Å²) in [5.74, 6) is 0.229. The molecule has 0 bridgehead atoms. The first kappa shape index (κ1) is 29.3. The summed E-state index contributed by atoms with van der Waals surface area (Å²) in [6, 6.07) is 12.4. The van der Waals surface area contributed by atoms with Gasteiger partial charge in [-0.15, -0.1) is 0 Å². The lowest BCUT2D eigenvalue weighted by Crippen LogP contribution is -2.43. The van der Waals surface area contributed by atoms with Crippen LogP contribution >= 0.6 is 11.6 Å². The number of nitrogens with one attached hydrogen (secondary N) is 1. The highest BCUT2D eigenvalue weighted by molar-refractivity contribution is 6.33. The van der Waals surface area contributed by atoms with Gasteiger partial charge in [-0.1, -0.05) is 113 Å². The Hall–Kier alpha value is -2.24. The average Bonchev–Trinajstić information content (AvgIpc) is 3.36. The number of carbonyl (C=O) groups excluding carboxylic acids is 1. The predicted octanol–water partition coefficient (Wildman–Crippen LogP) is 8.49. The molecule has 1 amide bonds. The van der Waals surface area contributed by atoms with Gasteiger partial charge in [0.15, 0.2) is 0 Å². The molecular weight excluding hydrogens is 518 g/mol. The molecule has 0 aliphatic carbocycles.